The van der Waals surface area contributed by atoms with Gasteiger partial charge >= 0.3 is 5.97 Å². The highest BCUT2D eigenvalue weighted by Crippen LogP contribution is 2.24. The van der Waals surface area contributed by atoms with Crippen LogP contribution in [-0.2, 0) is 19.6 Å². The molecule has 1 saturated heterocycles. The maximum atomic E-state index is 12.9. The lowest BCUT2D eigenvalue weighted by Crippen LogP contribution is -2.52. The van der Waals surface area contributed by atoms with E-state index in [1.54, 1.807) is 19.9 Å². The number of carbonyl (C=O) groups excluding carboxylic acids is 2. The molecule has 1 N–H and O–H groups in total. The van der Waals surface area contributed by atoms with Crippen LogP contribution in [-0.4, -0.2) is 50.3 Å². The summed E-state index contributed by atoms with van der Waals surface area (Å²) in [6.07, 6.45) is 3.79. The van der Waals surface area contributed by atoms with Crippen molar-refractivity contribution in [2.75, 3.05) is 20.2 Å². The van der Waals surface area contributed by atoms with Gasteiger partial charge in [-0.2, -0.15) is 4.31 Å². The van der Waals surface area contributed by atoms with Gasteiger partial charge in [0, 0.05) is 18.7 Å². The highest BCUT2D eigenvalue weighted by Gasteiger charge is 2.36. The zero-order valence-corrected chi connectivity index (χ0v) is 17.9. The monoisotopic (exact) mass is 410 g/mol. The van der Waals surface area contributed by atoms with Crippen LogP contribution in [0.5, 0.6) is 0 Å². The Hall–Kier alpha value is -1.93. The van der Waals surface area contributed by atoms with Gasteiger partial charge in [0.2, 0.25) is 10.0 Å². The van der Waals surface area contributed by atoms with Crippen LogP contribution in [0.4, 0.5) is 0 Å². The molecule has 7 nitrogen and oxygen atoms in total. The minimum Gasteiger partial charge on any atom is -0.467 e. The number of rotatable bonds is 7. The Kier molecular flexibility index (Phi) is 7.22. The van der Waals surface area contributed by atoms with E-state index in [0.29, 0.717) is 31.5 Å². The quantitative estimate of drug-likeness (QED) is 0.698. The molecule has 1 atom stereocenters. The van der Waals surface area contributed by atoms with Gasteiger partial charge in [0.1, 0.15) is 5.54 Å². The van der Waals surface area contributed by atoms with Gasteiger partial charge in [0.05, 0.1) is 12.0 Å². The lowest BCUT2D eigenvalue weighted by atomic mass is 9.95. The minimum absolute atomic E-state index is 0.0976. The Morgan fingerprint density at radius 2 is 1.86 bits per heavy atom. The van der Waals surface area contributed by atoms with Crippen molar-refractivity contribution >= 4 is 21.9 Å². The summed E-state index contributed by atoms with van der Waals surface area (Å²) in [5.74, 6) is -1.02. The number of aryl methyl sites for hydroxylation is 1. The Labute approximate surface area is 167 Å². The van der Waals surface area contributed by atoms with Crippen molar-refractivity contribution in [3.63, 3.8) is 0 Å². The molecule has 8 heteroatoms. The molecule has 1 aliphatic rings. The summed E-state index contributed by atoms with van der Waals surface area (Å²) in [5.41, 5.74) is -0.294. The van der Waals surface area contributed by atoms with Crippen molar-refractivity contribution in [3.8, 4) is 0 Å². The van der Waals surface area contributed by atoms with Crippen LogP contribution >= 0.6 is 0 Å². The van der Waals surface area contributed by atoms with Crippen LogP contribution in [0.2, 0.25) is 0 Å². The number of ether oxygens (including phenoxy) is 1. The Bertz CT molecular complexity index is 831. The number of nitrogens with zero attached hydrogens (tertiary/aromatic N) is 1. The number of sulfonamides is 1. The second kappa shape index (κ2) is 9.05. The molecule has 1 aromatic rings. The summed E-state index contributed by atoms with van der Waals surface area (Å²) in [5, 5.41) is 2.74. The van der Waals surface area contributed by atoms with Crippen LogP contribution in [0.25, 0.3) is 0 Å². The molecule has 1 aliphatic heterocycles. The predicted molar refractivity (Wildman–Crippen MR) is 107 cm³/mol. The molecule has 0 radical (unpaired) electrons. The number of hydrogen-bond acceptors (Lipinski definition) is 5. The smallest absolute Gasteiger partial charge is 0.331 e. The number of nitrogens with one attached hydrogen (secondary N) is 1. The summed E-state index contributed by atoms with van der Waals surface area (Å²) in [6.45, 7) is 6.25. The summed E-state index contributed by atoms with van der Waals surface area (Å²) in [4.78, 5) is 25.2. The van der Waals surface area contributed by atoms with Gasteiger partial charge in [-0.15, -0.1) is 0 Å². The standard InChI is InChI=1S/C20H30N2O5S/c1-5-11-20(3,19(24)27-4)21-18(23)17-14-16(10-9-15(17)2)28(25,26)22-12-7-6-8-13-22/h9-10,14H,5-8,11-13H2,1-4H3,(H,21,23). The van der Waals surface area contributed by atoms with Crippen LogP contribution < -0.4 is 5.32 Å². The van der Waals surface area contributed by atoms with E-state index < -0.39 is 27.4 Å². The molecular formula is C20H30N2O5S. The van der Waals surface area contributed by atoms with E-state index >= 15 is 0 Å². The molecule has 1 fully saturated rings. The van der Waals surface area contributed by atoms with Crippen molar-refractivity contribution in [2.24, 2.45) is 0 Å². The topological polar surface area (TPSA) is 92.8 Å². The number of piperidine rings is 1. The van der Waals surface area contributed by atoms with E-state index in [4.69, 9.17) is 4.74 Å². The fraction of sp³-hybridized carbons (Fsp3) is 0.600. The van der Waals surface area contributed by atoms with Gasteiger partial charge in [-0.25, -0.2) is 13.2 Å². The molecule has 2 rings (SSSR count). The average Bonchev–Trinajstić information content (AvgIpc) is 2.68. The van der Waals surface area contributed by atoms with Crippen LogP contribution in [0.1, 0.15) is 61.9 Å². The number of methoxy groups -OCH3 is 1. The number of amides is 1. The maximum Gasteiger partial charge on any atom is 0.331 e. The molecule has 0 bridgehead atoms. The van der Waals surface area contributed by atoms with Crippen molar-refractivity contribution in [3.05, 3.63) is 29.3 Å². The normalized spacial score (nSPS) is 17.6. The maximum absolute atomic E-state index is 12.9. The van der Waals surface area contributed by atoms with Crippen molar-refractivity contribution in [2.45, 2.75) is 63.3 Å². The molecule has 156 valence electrons. The zero-order chi connectivity index (χ0) is 20.9. The van der Waals surface area contributed by atoms with Gasteiger partial charge in [0.15, 0.2) is 0 Å². The molecular weight excluding hydrogens is 380 g/mol. The van der Waals surface area contributed by atoms with Gasteiger partial charge < -0.3 is 10.1 Å². The van der Waals surface area contributed by atoms with Crippen LogP contribution in [0.15, 0.2) is 23.1 Å². The molecule has 0 saturated carbocycles. The summed E-state index contributed by atoms with van der Waals surface area (Å²) < 4.78 is 32.2. The number of esters is 1. The molecule has 1 unspecified atom stereocenters. The molecule has 0 aliphatic carbocycles. The Morgan fingerprint density at radius 3 is 2.43 bits per heavy atom. The van der Waals surface area contributed by atoms with Crippen LogP contribution in [0.3, 0.4) is 0 Å². The molecule has 0 spiro atoms. The van der Waals surface area contributed by atoms with E-state index in [1.165, 1.54) is 23.5 Å². The van der Waals surface area contributed by atoms with Gasteiger partial charge in [-0.05, 0) is 50.8 Å². The molecule has 28 heavy (non-hydrogen) atoms. The van der Waals surface area contributed by atoms with Gasteiger partial charge in [-0.1, -0.05) is 25.8 Å². The molecule has 0 aromatic heterocycles. The summed E-state index contributed by atoms with van der Waals surface area (Å²) in [7, 11) is -2.37. The third-order valence-electron chi connectivity index (χ3n) is 5.18. The van der Waals surface area contributed by atoms with E-state index in [1.807, 2.05) is 6.92 Å². The summed E-state index contributed by atoms with van der Waals surface area (Å²) >= 11 is 0. The van der Waals surface area contributed by atoms with E-state index in [9.17, 15) is 18.0 Å². The Morgan fingerprint density at radius 1 is 1.21 bits per heavy atom. The first-order chi connectivity index (χ1) is 13.2. The average molecular weight is 411 g/mol. The number of benzene rings is 1. The molecule has 1 aromatic carbocycles. The first kappa shape index (κ1) is 22.4. The Balaban J connectivity index is 2.34. The largest absolute Gasteiger partial charge is 0.467 e. The fourth-order valence-electron chi connectivity index (χ4n) is 3.52. The molecule has 1 amide bonds. The predicted octanol–water partition coefficient (Wildman–Crippen LogP) is 2.63. The van der Waals surface area contributed by atoms with Crippen molar-refractivity contribution in [1.82, 2.24) is 9.62 Å². The highest BCUT2D eigenvalue weighted by atomic mass is 32.2. The van der Waals surface area contributed by atoms with Gasteiger partial charge in [0.25, 0.3) is 5.91 Å². The zero-order valence-electron chi connectivity index (χ0n) is 17.1. The second-order valence-electron chi connectivity index (χ2n) is 7.47. The SMILES string of the molecule is CCCC(C)(NC(=O)c1cc(S(=O)(=O)N2CCCCC2)ccc1C)C(=O)OC. The number of hydrogen-bond donors (Lipinski definition) is 1. The van der Waals surface area contributed by atoms with E-state index in [0.717, 1.165) is 19.3 Å². The fourth-order valence-corrected chi connectivity index (χ4v) is 5.06. The number of carbonyl (C=O) groups is 2. The van der Waals surface area contributed by atoms with Crippen molar-refractivity contribution in [1.29, 1.82) is 0 Å². The van der Waals surface area contributed by atoms with E-state index in [2.05, 4.69) is 5.32 Å². The highest BCUT2D eigenvalue weighted by molar-refractivity contribution is 7.89. The van der Waals surface area contributed by atoms with E-state index in [-0.39, 0.29) is 10.5 Å². The van der Waals surface area contributed by atoms with Gasteiger partial charge in [-0.3, -0.25) is 4.79 Å². The lowest BCUT2D eigenvalue weighted by molar-refractivity contribution is -0.147. The molecule has 1 heterocycles. The third-order valence-corrected chi connectivity index (χ3v) is 7.08. The first-order valence-electron chi connectivity index (χ1n) is 9.67. The second-order valence-corrected chi connectivity index (χ2v) is 9.41. The van der Waals surface area contributed by atoms with Crippen molar-refractivity contribution < 1.29 is 22.7 Å². The summed E-state index contributed by atoms with van der Waals surface area (Å²) in [6, 6.07) is 4.56. The lowest BCUT2D eigenvalue weighted by Gasteiger charge is -2.28. The first-order valence-corrected chi connectivity index (χ1v) is 11.1. The van der Waals surface area contributed by atoms with Crippen LogP contribution in [0, 0.1) is 6.92 Å². The minimum atomic E-state index is -3.65. The third kappa shape index (κ3) is 4.72.